The highest BCUT2D eigenvalue weighted by Gasteiger charge is 2.18. The van der Waals surface area contributed by atoms with E-state index in [9.17, 15) is 10.2 Å². The molecule has 0 amide bonds. The molecule has 0 aliphatic heterocycles. The van der Waals surface area contributed by atoms with Gasteiger partial charge < -0.3 is 10.2 Å². The molecule has 2 N–H and O–H groups in total. The van der Waals surface area contributed by atoms with E-state index in [-0.39, 0.29) is 0 Å². The average molecular weight is 173 g/mol. The van der Waals surface area contributed by atoms with Crippen molar-refractivity contribution in [3.8, 4) is 0 Å². The second kappa shape index (κ2) is 6.17. The van der Waals surface area contributed by atoms with E-state index in [0.29, 0.717) is 19.4 Å². The van der Waals surface area contributed by atoms with Crippen LogP contribution in [0.1, 0.15) is 26.7 Å². The molecule has 12 heavy (non-hydrogen) atoms. The summed E-state index contributed by atoms with van der Waals surface area (Å²) in [5, 5.41) is 18.9. The quantitative estimate of drug-likeness (QED) is 0.464. The molecule has 0 saturated heterocycles. The lowest BCUT2D eigenvalue weighted by molar-refractivity contribution is -0.0967. The summed E-state index contributed by atoms with van der Waals surface area (Å²) in [5.41, 5.74) is 0. The minimum Gasteiger partial charge on any atom is -0.378 e. The van der Waals surface area contributed by atoms with Gasteiger partial charge in [0, 0.05) is 6.54 Å². The first kappa shape index (κ1) is 11.6. The molecule has 72 valence electrons. The van der Waals surface area contributed by atoms with Crippen LogP contribution in [0.2, 0.25) is 0 Å². The smallest absolute Gasteiger partial charge is 0.109 e. The first-order chi connectivity index (χ1) is 5.67. The molecule has 0 fully saturated rings. The Balaban J connectivity index is 4.09. The van der Waals surface area contributed by atoms with Gasteiger partial charge in [0.05, 0.1) is 0 Å². The van der Waals surface area contributed by atoms with Crippen LogP contribution in [0.25, 0.3) is 0 Å². The predicted octanol–water partition coefficient (Wildman–Crippen LogP) is 0.931. The molecule has 0 spiro atoms. The van der Waals surface area contributed by atoms with Crippen LogP contribution in [0, 0.1) is 0 Å². The molecular formula is C9H19NO2. The standard InChI is InChI=1S/C9H19NO2/c1-4-7-10(8(11)5-2)9(12)6-3/h4,8-9,11-12H,1,5-7H2,2-3H3. The first-order valence-electron chi connectivity index (χ1n) is 4.40. The van der Waals surface area contributed by atoms with Crippen molar-refractivity contribution < 1.29 is 10.2 Å². The van der Waals surface area contributed by atoms with Crippen molar-refractivity contribution in [2.45, 2.75) is 39.1 Å². The van der Waals surface area contributed by atoms with Gasteiger partial charge in [0.1, 0.15) is 12.5 Å². The molecule has 0 aliphatic rings. The normalized spacial score (nSPS) is 16.1. The summed E-state index contributed by atoms with van der Waals surface area (Å²) >= 11 is 0. The third-order valence-corrected chi connectivity index (χ3v) is 1.84. The molecule has 2 atom stereocenters. The molecule has 2 unspecified atom stereocenters. The fraction of sp³-hybridized carbons (Fsp3) is 0.778. The molecular weight excluding hydrogens is 154 g/mol. The highest BCUT2D eigenvalue weighted by atomic mass is 16.3. The number of rotatable bonds is 6. The highest BCUT2D eigenvalue weighted by molar-refractivity contribution is 4.76. The van der Waals surface area contributed by atoms with Crippen molar-refractivity contribution >= 4 is 0 Å². The minimum absolute atomic E-state index is 0.518. The Hall–Kier alpha value is -0.380. The molecule has 0 radical (unpaired) electrons. The van der Waals surface area contributed by atoms with Crippen molar-refractivity contribution in [3.63, 3.8) is 0 Å². The van der Waals surface area contributed by atoms with Gasteiger partial charge in [0.15, 0.2) is 0 Å². The van der Waals surface area contributed by atoms with Crippen LogP contribution in [-0.2, 0) is 0 Å². The van der Waals surface area contributed by atoms with Crippen molar-refractivity contribution in [1.29, 1.82) is 0 Å². The Bertz CT molecular complexity index is 118. The van der Waals surface area contributed by atoms with Gasteiger partial charge in [-0.2, -0.15) is 0 Å². The summed E-state index contributed by atoms with van der Waals surface area (Å²) in [4.78, 5) is 1.62. The van der Waals surface area contributed by atoms with Crippen LogP contribution >= 0.6 is 0 Å². The zero-order chi connectivity index (χ0) is 9.56. The Morgan fingerprint density at radius 3 is 1.92 bits per heavy atom. The van der Waals surface area contributed by atoms with Gasteiger partial charge >= 0.3 is 0 Å². The molecule has 0 aromatic heterocycles. The van der Waals surface area contributed by atoms with E-state index in [1.54, 1.807) is 11.0 Å². The van der Waals surface area contributed by atoms with Gasteiger partial charge in [0.2, 0.25) is 0 Å². The average Bonchev–Trinajstić information content (AvgIpc) is 2.11. The lowest BCUT2D eigenvalue weighted by Crippen LogP contribution is -2.42. The second-order valence-electron chi connectivity index (χ2n) is 2.76. The van der Waals surface area contributed by atoms with Gasteiger partial charge in [-0.1, -0.05) is 19.9 Å². The van der Waals surface area contributed by atoms with Crippen molar-refractivity contribution in [1.82, 2.24) is 4.90 Å². The molecule has 0 aromatic carbocycles. The van der Waals surface area contributed by atoms with E-state index in [0.717, 1.165) is 0 Å². The Labute approximate surface area is 74.3 Å². The largest absolute Gasteiger partial charge is 0.378 e. The molecule has 0 aromatic rings. The summed E-state index contributed by atoms with van der Waals surface area (Å²) in [6.45, 7) is 7.84. The van der Waals surface area contributed by atoms with E-state index in [4.69, 9.17) is 0 Å². The van der Waals surface area contributed by atoms with Crippen molar-refractivity contribution in [2.75, 3.05) is 6.54 Å². The SMILES string of the molecule is C=CCN(C(O)CC)C(O)CC. The number of nitrogens with zero attached hydrogens (tertiary/aromatic N) is 1. The predicted molar refractivity (Wildman–Crippen MR) is 49.5 cm³/mol. The van der Waals surface area contributed by atoms with Gasteiger partial charge in [-0.15, -0.1) is 6.58 Å². The maximum absolute atomic E-state index is 9.47. The summed E-state index contributed by atoms with van der Waals surface area (Å²) in [6, 6.07) is 0. The van der Waals surface area contributed by atoms with E-state index in [1.165, 1.54) is 0 Å². The first-order valence-corrected chi connectivity index (χ1v) is 4.40. The molecule has 0 rings (SSSR count). The topological polar surface area (TPSA) is 43.7 Å². The maximum atomic E-state index is 9.47. The van der Waals surface area contributed by atoms with E-state index < -0.39 is 12.5 Å². The zero-order valence-corrected chi connectivity index (χ0v) is 7.90. The summed E-state index contributed by atoms with van der Waals surface area (Å²) < 4.78 is 0. The Morgan fingerprint density at radius 2 is 1.67 bits per heavy atom. The lowest BCUT2D eigenvalue weighted by atomic mass is 10.3. The van der Waals surface area contributed by atoms with Crippen LogP contribution in [0.3, 0.4) is 0 Å². The third-order valence-electron chi connectivity index (χ3n) is 1.84. The van der Waals surface area contributed by atoms with Crippen molar-refractivity contribution in [3.05, 3.63) is 12.7 Å². The fourth-order valence-corrected chi connectivity index (χ4v) is 1.06. The molecule has 3 heteroatoms. The van der Waals surface area contributed by atoms with Gasteiger partial charge in [-0.05, 0) is 12.8 Å². The van der Waals surface area contributed by atoms with Crippen molar-refractivity contribution in [2.24, 2.45) is 0 Å². The van der Waals surface area contributed by atoms with E-state index in [2.05, 4.69) is 6.58 Å². The number of hydrogen-bond acceptors (Lipinski definition) is 3. The van der Waals surface area contributed by atoms with Crippen LogP contribution < -0.4 is 0 Å². The third kappa shape index (κ3) is 3.34. The van der Waals surface area contributed by atoms with E-state index in [1.807, 2.05) is 13.8 Å². The number of aliphatic hydroxyl groups excluding tert-OH is 2. The zero-order valence-electron chi connectivity index (χ0n) is 7.90. The van der Waals surface area contributed by atoms with Gasteiger partial charge in [-0.25, -0.2) is 4.90 Å². The monoisotopic (exact) mass is 173 g/mol. The molecule has 3 nitrogen and oxygen atoms in total. The second-order valence-corrected chi connectivity index (χ2v) is 2.76. The Morgan fingerprint density at radius 1 is 1.25 bits per heavy atom. The van der Waals surface area contributed by atoms with Crippen LogP contribution in [-0.4, -0.2) is 34.1 Å². The minimum atomic E-state index is -0.571. The maximum Gasteiger partial charge on any atom is 0.109 e. The fourth-order valence-electron chi connectivity index (χ4n) is 1.06. The lowest BCUT2D eigenvalue weighted by Gasteiger charge is -2.29. The molecule has 0 saturated carbocycles. The van der Waals surface area contributed by atoms with Crippen LogP contribution in [0.15, 0.2) is 12.7 Å². The van der Waals surface area contributed by atoms with Crippen LogP contribution in [0.5, 0.6) is 0 Å². The number of aliphatic hydroxyl groups is 2. The molecule has 0 aliphatic carbocycles. The summed E-state index contributed by atoms with van der Waals surface area (Å²) in [5.74, 6) is 0. The molecule has 0 heterocycles. The summed E-state index contributed by atoms with van der Waals surface area (Å²) in [6.07, 6.45) is 1.77. The number of hydrogen-bond donors (Lipinski definition) is 2. The Kier molecular flexibility index (Phi) is 5.98. The van der Waals surface area contributed by atoms with Gasteiger partial charge in [-0.3, -0.25) is 0 Å². The van der Waals surface area contributed by atoms with Crippen LogP contribution in [0.4, 0.5) is 0 Å². The molecule has 0 bridgehead atoms. The van der Waals surface area contributed by atoms with E-state index >= 15 is 0 Å². The highest BCUT2D eigenvalue weighted by Crippen LogP contribution is 2.07. The van der Waals surface area contributed by atoms with Gasteiger partial charge in [0.25, 0.3) is 0 Å². The summed E-state index contributed by atoms with van der Waals surface area (Å²) in [7, 11) is 0.